The van der Waals surface area contributed by atoms with Gasteiger partial charge in [0, 0.05) is 37.4 Å². The van der Waals surface area contributed by atoms with Gasteiger partial charge in [0.05, 0.1) is 16.4 Å². The molecule has 0 spiro atoms. The van der Waals surface area contributed by atoms with Gasteiger partial charge in [-0.25, -0.2) is 4.68 Å². The summed E-state index contributed by atoms with van der Waals surface area (Å²) in [5.41, 5.74) is 1.80. The average molecular weight is 336 g/mol. The van der Waals surface area contributed by atoms with Crippen LogP contribution in [0.3, 0.4) is 0 Å². The number of aliphatic hydroxyl groups excluding tert-OH is 1. The topological polar surface area (TPSA) is 58.4 Å². The minimum atomic E-state index is 0.0456. The zero-order valence-electron chi connectivity index (χ0n) is 10.7. The van der Waals surface area contributed by atoms with E-state index in [2.05, 4.69) is 21.0 Å². The lowest BCUT2D eigenvalue weighted by atomic mass is 10.1. The highest BCUT2D eigenvalue weighted by atomic mass is 79.9. The maximum atomic E-state index is 11.9. The van der Waals surface area contributed by atoms with E-state index in [1.54, 1.807) is 15.8 Å². The summed E-state index contributed by atoms with van der Waals surface area (Å²) in [6, 6.07) is 7.66. The summed E-state index contributed by atoms with van der Waals surface area (Å²) in [6.45, 7) is 0.642. The van der Waals surface area contributed by atoms with Gasteiger partial charge in [0.25, 0.3) is 0 Å². The maximum absolute atomic E-state index is 11.9. The van der Waals surface area contributed by atoms with Gasteiger partial charge < -0.3 is 10.0 Å². The van der Waals surface area contributed by atoms with Crippen LogP contribution < -0.4 is 4.90 Å². The van der Waals surface area contributed by atoms with Crippen molar-refractivity contribution < 1.29 is 9.90 Å². The molecule has 104 valence electrons. The van der Waals surface area contributed by atoms with E-state index in [1.807, 2.05) is 30.5 Å². The molecule has 1 N–H and O–H groups in total. The van der Waals surface area contributed by atoms with Crippen molar-refractivity contribution in [3.05, 3.63) is 41.1 Å². The number of aliphatic hydroxyl groups is 1. The Kier molecular flexibility index (Phi) is 3.58. The summed E-state index contributed by atoms with van der Waals surface area (Å²) in [5.74, 6) is 0.114. The largest absolute Gasteiger partial charge is 0.396 e. The van der Waals surface area contributed by atoms with E-state index in [0.717, 1.165) is 15.8 Å². The van der Waals surface area contributed by atoms with Gasteiger partial charge in [0.15, 0.2) is 0 Å². The highest BCUT2D eigenvalue weighted by Gasteiger charge is 2.29. The number of benzene rings is 1. The molecule has 1 saturated heterocycles. The van der Waals surface area contributed by atoms with Crippen molar-refractivity contribution >= 4 is 27.5 Å². The predicted octanol–water partition coefficient (Wildman–Crippen LogP) is 1.98. The van der Waals surface area contributed by atoms with Crippen molar-refractivity contribution in [2.45, 2.75) is 6.42 Å². The third-order valence-electron chi connectivity index (χ3n) is 3.44. The number of rotatable bonds is 3. The van der Waals surface area contributed by atoms with E-state index in [9.17, 15) is 4.79 Å². The van der Waals surface area contributed by atoms with Crippen LogP contribution >= 0.6 is 15.9 Å². The minimum Gasteiger partial charge on any atom is -0.396 e. The van der Waals surface area contributed by atoms with Gasteiger partial charge in [0.2, 0.25) is 5.91 Å². The van der Waals surface area contributed by atoms with Crippen LogP contribution in [0.2, 0.25) is 0 Å². The Balaban J connectivity index is 1.81. The van der Waals surface area contributed by atoms with E-state index in [1.165, 1.54) is 0 Å². The number of carbonyl (C=O) groups is 1. The van der Waals surface area contributed by atoms with Gasteiger partial charge in [0.1, 0.15) is 0 Å². The number of carbonyl (C=O) groups excluding carboxylic acids is 1. The molecule has 0 radical (unpaired) electrons. The summed E-state index contributed by atoms with van der Waals surface area (Å²) in [4.78, 5) is 13.6. The monoisotopic (exact) mass is 335 g/mol. The van der Waals surface area contributed by atoms with Crippen LogP contribution in [-0.2, 0) is 4.79 Å². The van der Waals surface area contributed by atoms with E-state index in [4.69, 9.17) is 5.11 Å². The van der Waals surface area contributed by atoms with Crippen molar-refractivity contribution in [1.82, 2.24) is 9.78 Å². The number of halogens is 1. The molecule has 1 amide bonds. The molecule has 2 aromatic rings. The van der Waals surface area contributed by atoms with Crippen molar-refractivity contribution in [3.8, 4) is 5.69 Å². The van der Waals surface area contributed by atoms with Crippen molar-refractivity contribution in [3.63, 3.8) is 0 Å². The minimum absolute atomic E-state index is 0.0456. The summed E-state index contributed by atoms with van der Waals surface area (Å²) < 4.78 is 2.68. The zero-order chi connectivity index (χ0) is 14.1. The molecular formula is C14H14BrN3O2. The Labute approximate surface area is 124 Å². The number of hydrogen-bond donors (Lipinski definition) is 1. The van der Waals surface area contributed by atoms with E-state index in [0.29, 0.717) is 13.0 Å². The van der Waals surface area contributed by atoms with E-state index >= 15 is 0 Å². The van der Waals surface area contributed by atoms with Gasteiger partial charge in [-0.05, 0) is 40.2 Å². The Morgan fingerprint density at radius 2 is 2.00 bits per heavy atom. The SMILES string of the molecule is O=C1CC(CO)CN1c1ccc(-n2cc(Br)cn2)cc1. The second-order valence-electron chi connectivity index (χ2n) is 4.88. The van der Waals surface area contributed by atoms with Crippen LogP contribution in [-0.4, -0.2) is 33.9 Å². The molecule has 0 bridgehead atoms. The van der Waals surface area contributed by atoms with Gasteiger partial charge >= 0.3 is 0 Å². The van der Waals surface area contributed by atoms with Crippen LogP contribution in [0.15, 0.2) is 41.1 Å². The number of aromatic nitrogens is 2. The summed E-state index contributed by atoms with van der Waals surface area (Å²) >= 11 is 3.36. The molecule has 6 heteroatoms. The van der Waals surface area contributed by atoms with E-state index in [-0.39, 0.29) is 18.4 Å². The molecule has 20 heavy (non-hydrogen) atoms. The third kappa shape index (κ3) is 2.48. The molecule has 1 aromatic heterocycles. The molecule has 0 aliphatic carbocycles. The van der Waals surface area contributed by atoms with Crippen molar-refractivity contribution in [1.29, 1.82) is 0 Å². The molecule has 2 heterocycles. The Bertz CT molecular complexity index is 624. The molecule has 5 nitrogen and oxygen atoms in total. The maximum Gasteiger partial charge on any atom is 0.227 e. The highest BCUT2D eigenvalue weighted by Crippen LogP contribution is 2.25. The van der Waals surface area contributed by atoms with Crippen LogP contribution in [0, 0.1) is 5.92 Å². The van der Waals surface area contributed by atoms with Gasteiger partial charge in [-0.3, -0.25) is 4.79 Å². The zero-order valence-corrected chi connectivity index (χ0v) is 12.3. The third-order valence-corrected chi connectivity index (χ3v) is 3.85. The first-order chi connectivity index (χ1) is 9.67. The van der Waals surface area contributed by atoms with Gasteiger partial charge in [-0.1, -0.05) is 0 Å². The summed E-state index contributed by atoms with van der Waals surface area (Å²) in [5, 5.41) is 13.4. The Morgan fingerprint density at radius 3 is 2.55 bits per heavy atom. The fourth-order valence-corrected chi connectivity index (χ4v) is 2.67. The smallest absolute Gasteiger partial charge is 0.227 e. The fraction of sp³-hybridized carbons (Fsp3) is 0.286. The lowest BCUT2D eigenvalue weighted by Crippen LogP contribution is -2.24. The lowest BCUT2D eigenvalue weighted by Gasteiger charge is -2.16. The first-order valence-electron chi connectivity index (χ1n) is 6.39. The first kappa shape index (κ1) is 13.3. The molecule has 3 rings (SSSR count). The van der Waals surface area contributed by atoms with Crippen LogP contribution in [0.1, 0.15) is 6.42 Å². The van der Waals surface area contributed by atoms with E-state index < -0.39 is 0 Å². The van der Waals surface area contributed by atoms with Gasteiger partial charge in [-0.15, -0.1) is 0 Å². The summed E-state index contributed by atoms with van der Waals surface area (Å²) in [7, 11) is 0. The van der Waals surface area contributed by atoms with Crippen LogP contribution in [0.4, 0.5) is 5.69 Å². The predicted molar refractivity (Wildman–Crippen MR) is 78.8 cm³/mol. The number of anilines is 1. The number of amides is 1. The highest BCUT2D eigenvalue weighted by molar-refractivity contribution is 9.10. The normalized spacial score (nSPS) is 18.8. The molecule has 1 aromatic carbocycles. The second-order valence-corrected chi connectivity index (χ2v) is 5.79. The molecule has 1 aliphatic rings. The molecule has 1 atom stereocenters. The van der Waals surface area contributed by atoms with Crippen LogP contribution in [0.5, 0.6) is 0 Å². The second kappa shape index (κ2) is 5.38. The number of nitrogens with zero attached hydrogens (tertiary/aromatic N) is 3. The molecule has 1 aliphatic heterocycles. The summed E-state index contributed by atoms with van der Waals surface area (Å²) in [6.07, 6.45) is 4.02. The lowest BCUT2D eigenvalue weighted by molar-refractivity contribution is -0.117. The Morgan fingerprint density at radius 1 is 1.30 bits per heavy atom. The quantitative estimate of drug-likeness (QED) is 0.933. The molecule has 1 fully saturated rings. The molecule has 0 saturated carbocycles. The van der Waals surface area contributed by atoms with Crippen LogP contribution in [0.25, 0.3) is 5.69 Å². The number of hydrogen-bond acceptors (Lipinski definition) is 3. The van der Waals surface area contributed by atoms with Gasteiger partial charge in [-0.2, -0.15) is 5.10 Å². The Hall–Kier alpha value is -1.66. The first-order valence-corrected chi connectivity index (χ1v) is 7.18. The fourth-order valence-electron chi connectivity index (χ4n) is 2.38. The van der Waals surface area contributed by atoms with Crippen molar-refractivity contribution in [2.24, 2.45) is 5.92 Å². The molecular weight excluding hydrogens is 322 g/mol. The average Bonchev–Trinajstić information content (AvgIpc) is 3.05. The molecule has 1 unspecified atom stereocenters. The standard InChI is InChI=1S/C14H14BrN3O2/c15-11-6-16-18(8-11)13-3-1-12(2-4-13)17-7-10(9-19)5-14(17)20/h1-4,6,8,10,19H,5,7,9H2. The van der Waals surface area contributed by atoms with Crippen molar-refractivity contribution in [2.75, 3.05) is 18.1 Å².